The van der Waals surface area contributed by atoms with Crippen LogP contribution in [0.1, 0.15) is 28.8 Å². The molecule has 1 aliphatic heterocycles. The molecule has 1 unspecified atom stereocenters. The smallest absolute Gasteiger partial charge is 0.253 e. The Morgan fingerprint density at radius 2 is 2.24 bits per heavy atom. The van der Waals surface area contributed by atoms with Gasteiger partial charge in [-0.3, -0.25) is 4.79 Å². The van der Waals surface area contributed by atoms with Crippen molar-refractivity contribution in [3.8, 4) is 0 Å². The number of alkyl halides is 1. The number of hydrogen-bond acceptors (Lipinski definition) is 1. The van der Waals surface area contributed by atoms with Gasteiger partial charge in [-0.25, -0.2) is 0 Å². The zero-order valence-electron chi connectivity index (χ0n) is 9.75. The minimum atomic E-state index is 0.143. The number of aryl methyl sites for hydroxylation is 1. The fourth-order valence-electron chi connectivity index (χ4n) is 2.07. The summed E-state index contributed by atoms with van der Waals surface area (Å²) in [5.74, 6) is 0.143. The lowest BCUT2D eigenvalue weighted by Crippen LogP contribution is -2.40. The third kappa shape index (κ3) is 3.10. The topological polar surface area (TPSA) is 20.3 Å². The molecule has 0 aromatic heterocycles. The highest BCUT2D eigenvalue weighted by Crippen LogP contribution is 2.21. The quantitative estimate of drug-likeness (QED) is 0.698. The van der Waals surface area contributed by atoms with Crippen LogP contribution in [0.25, 0.3) is 0 Å². The first-order valence-electron chi connectivity index (χ1n) is 5.77. The molecule has 0 spiro atoms. The van der Waals surface area contributed by atoms with Gasteiger partial charge in [-0.2, -0.15) is 0 Å². The van der Waals surface area contributed by atoms with Crippen molar-refractivity contribution in [3.05, 3.63) is 33.8 Å². The third-order valence-electron chi connectivity index (χ3n) is 3.06. The molecule has 1 heterocycles. The van der Waals surface area contributed by atoms with E-state index in [9.17, 15) is 4.79 Å². The highest BCUT2D eigenvalue weighted by molar-refractivity contribution is 9.10. The van der Waals surface area contributed by atoms with Crippen LogP contribution in [0.3, 0.4) is 0 Å². The Bertz CT molecular complexity index is 433. The zero-order chi connectivity index (χ0) is 12.4. The van der Waals surface area contributed by atoms with Crippen molar-refractivity contribution in [2.24, 2.45) is 0 Å². The van der Waals surface area contributed by atoms with Crippen LogP contribution in [0.2, 0.25) is 0 Å². The van der Waals surface area contributed by atoms with Crippen molar-refractivity contribution >= 4 is 37.8 Å². The number of piperidine rings is 1. The van der Waals surface area contributed by atoms with E-state index >= 15 is 0 Å². The monoisotopic (exact) mass is 359 g/mol. The van der Waals surface area contributed by atoms with E-state index < -0.39 is 0 Å². The molecule has 1 saturated heterocycles. The Morgan fingerprint density at radius 3 is 2.88 bits per heavy atom. The zero-order valence-corrected chi connectivity index (χ0v) is 12.9. The number of hydrogen-bond donors (Lipinski definition) is 0. The lowest BCUT2D eigenvalue weighted by molar-refractivity contribution is 0.0730. The van der Waals surface area contributed by atoms with E-state index in [1.165, 1.54) is 0 Å². The van der Waals surface area contributed by atoms with Crippen LogP contribution in [0, 0.1) is 6.92 Å². The molecule has 0 saturated carbocycles. The maximum absolute atomic E-state index is 12.3. The Labute approximate surface area is 119 Å². The highest BCUT2D eigenvalue weighted by atomic mass is 79.9. The minimum absolute atomic E-state index is 0.143. The van der Waals surface area contributed by atoms with E-state index in [1.54, 1.807) is 0 Å². The van der Waals surface area contributed by atoms with Crippen molar-refractivity contribution in [2.75, 3.05) is 13.1 Å². The van der Waals surface area contributed by atoms with Crippen molar-refractivity contribution in [1.82, 2.24) is 4.90 Å². The van der Waals surface area contributed by atoms with E-state index in [4.69, 9.17) is 0 Å². The van der Waals surface area contributed by atoms with Gasteiger partial charge in [0.05, 0.1) is 0 Å². The molecule has 1 atom stereocenters. The number of likely N-dealkylation sites (tertiary alicyclic amines) is 1. The van der Waals surface area contributed by atoms with Crippen LogP contribution in [0.15, 0.2) is 22.7 Å². The largest absolute Gasteiger partial charge is 0.338 e. The first-order chi connectivity index (χ1) is 8.08. The van der Waals surface area contributed by atoms with Gasteiger partial charge in [0.15, 0.2) is 0 Å². The molecule has 17 heavy (non-hydrogen) atoms. The van der Waals surface area contributed by atoms with Crippen molar-refractivity contribution < 1.29 is 4.79 Å². The van der Waals surface area contributed by atoms with Gasteiger partial charge in [0.1, 0.15) is 0 Å². The van der Waals surface area contributed by atoms with E-state index in [-0.39, 0.29) is 5.91 Å². The van der Waals surface area contributed by atoms with Crippen molar-refractivity contribution in [1.29, 1.82) is 0 Å². The predicted octanol–water partition coefficient (Wildman–Crippen LogP) is 3.76. The minimum Gasteiger partial charge on any atom is -0.338 e. The third-order valence-corrected chi connectivity index (χ3v) is 4.69. The molecule has 1 aliphatic rings. The maximum Gasteiger partial charge on any atom is 0.253 e. The van der Waals surface area contributed by atoms with E-state index in [2.05, 4.69) is 31.9 Å². The molecule has 2 nitrogen and oxygen atoms in total. The average Bonchev–Trinajstić information content (AvgIpc) is 2.32. The normalized spacial score (nSPS) is 20.4. The van der Waals surface area contributed by atoms with Crippen LogP contribution in [0.5, 0.6) is 0 Å². The number of nitrogens with zero attached hydrogens (tertiary/aromatic N) is 1. The summed E-state index contributed by atoms with van der Waals surface area (Å²) in [6, 6.07) is 5.78. The number of halogens is 2. The molecular weight excluding hydrogens is 346 g/mol. The SMILES string of the molecule is Cc1cc(C(=O)N2CCCC(Br)C2)ccc1Br. The van der Waals surface area contributed by atoms with Crippen LogP contribution in [-0.2, 0) is 0 Å². The first-order valence-corrected chi connectivity index (χ1v) is 7.48. The molecule has 1 fully saturated rings. The molecule has 4 heteroatoms. The number of benzene rings is 1. The van der Waals surface area contributed by atoms with Gasteiger partial charge in [0, 0.05) is 28.0 Å². The van der Waals surface area contributed by atoms with Gasteiger partial charge >= 0.3 is 0 Å². The molecule has 0 radical (unpaired) electrons. The molecule has 0 aliphatic carbocycles. The van der Waals surface area contributed by atoms with Gasteiger partial charge in [0.25, 0.3) is 5.91 Å². The predicted molar refractivity (Wildman–Crippen MR) is 76.7 cm³/mol. The fourth-order valence-corrected chi connectivity index (χ4v) is 2.99. The van der Waals surface area contributed by atoms with Gasteiger partial charge in [-0.05, 0) is 43.5 Å². The van der Waals surface area contributed by atoms with Gasteiger partial charge in [-0.1, -0.05) is 31.9 Å². The lowest BCUT2D eigenvalue weighted by atomic mass is 10.1. The van der Waals surface area contributed by atoms with E-state index in [1.807, 2.05) is 30.0 Å². The summed E-state index contributed by atoms with van der Waals surface area (Å²) < 4.78 is 1.05. The Kier molecular flexibility index (Phi) is 4.26. The average molecular weight is 361 g/mol. The second-order valence-corrected chi connectivity index (χ2v) is 6.60. The van der Waals surface area contributed by atoms with Crippen LogP contribution < -0.4 is 0 Å². The summed E-state index contributed by atoms with van der Waals surface area (Å²) in [5.41, 5.74) is 1.88. The summed E-state index contributed by atoms with van der Waals surface area (Å²) >= 11 is 7.05. The van der Waals surface area contributed by atoms with Crippen LogP contribution in [0.4, 0.5) is 0 Å². The summed E-state index contributed by atoms with van der Waals surface area (Å²) in [7, 11) is 0. The Balaban J connectivity index is 2.15. The molecule has 92 valence electrons. The molecule has 2 rings (SSSR count). The Morgan fingerprint density at radius 1 is 1.47 bits per heavy atom. The summed E-state index contributed by atoms with van der Waals surface area (Å²) in [6.45, 7) is 3.69. The van der Waals surface area contributed by atoms with Crippen molar-refractivity contribution in [2.45, 2.75) is 24.6 Å². The van der Waals surface area contributed by atoms with Gasteiger partial charge < -0.3 is 4.90 Å². The standard InChI is InChI=1S/C13H15Br2NO/c1-9-7-10(4-5-12(9)15)13(17)16-6-2-3-11(14)8-16/h4-5,7,11H,2-3,6,8H2,1H3. The first kappa shape index (κ1) is 13.1. The number of rotatable bonds is 1. The highest BCUT2D eigenvalue weighted by Gasteiger charge is 2.22. The van der Waals surface area contributed by atoms with Gasteiger partial charge in [0.2, 0.25) is 0 Å². The van der Waals surface area contributed by atoms with Crippen molar-refractivity contribution in [3.63, 3.8) is 0 Å². The summed E-state index contributed by atoms with van der Waals surface area (Å²) in [5, 5.41) is 0. The molecular formula is C13H15Br2NO. The molecule has 0 N–H and O–H groups in total. The number of carbonyl (C=O) groups is 1. The second-order valence-electron chi connectivity index (χ2n) is 4.45. The van der Waals surface area contributed by atoms with E-state index in [0.717, 1.165) is 41.5 Å². The Hall–Kier alpha value is -0.350. The molecule has 0 bridgehead atoms. The van der Waals surface area contributed by atoms with Crippen LogP contribution in [-0.4, -0.2) is 28.7 Å². The summed E-state index contributed by atoms with van der Waals surface area (Å²) in [4.78, 5) is 14.7. The van der Waals surface area contributed by atoms with E-state index in [0.29, 0.717) is 4.83 Å². The summed E-state index contributed by atoms with van der Waals surface area (Å²) in [6.07, 6.45) is 2.24. The molecule has 1 aromatic carbocycles. The van der Waals surface area contributed by atoms with Crippen LogP contribution >= 0.6 is 31.9 Å². The second kappa shape index (κ2) is 5.53. The van der Waals surface area contributed by atoms with Gasteiger partial charge in [-0.15, -0.1) is 0 Å². The maximum atomic E-state index is 12.3. The number of carbonyl (C=O) groups excluding carboxylic acids is 1. The molecule has 1 aromatic rings. The lowest BCUT2D eigenvalue weighted by Gasteiger charge is -2.30. The molecule has 1 amide bonds. The number of amides is 1. The fraction of sp³-hybridized carbons (Fsp3) is 0.462.